The van der Waals surface area contributed by atoms with Crippen LogP contribution in [0.5, 0.6) is 0 Å². The predicted octanol–water partition coefficient (Wildman–Crippen LogP) is 4.60. The van der Waals surface area contributed by atoms with Crippen LogP contribution in [-0.2, 0) is 16.4 Å². The molecule has 2 aromatic carbocycles. The molecule has 5 rings (SSSR count). The van der Waals surface area contributed by atoms with Gasteiger partial charge >= 0.3 is 0 Å². The number of carbonyl (C=O) groups is 1. The summed E-state index contributed by atoms with van der Waals surface area (Å²) in [6.45, 7) is 0.435. The summed E-state index contributed by atoms with van der Waals surface area (Å²) >= 11 is 1.30. The number of aromatic nitrogens is 2. The van der Waals surface area contributed by atoms with E-state index in [0.717, 1.165) is 29.8 Å². The number of sulfonamides is 1. The molecule has 4 aromatic rings. The molecule has 1 aliphatic rings. The van der Waals surface area contributed by atoms with Gasteiger partial charge in [0.2, 0.25) is 0 Å². The molecule has 1 N–H and O–H groups in total. The van der Waals surface area contributed by atoms with Gasteiger partial charge < -0.3 is 0 Å². The topological polar surface area (TPSA) is 92.3 Å². The molecule has 0 radical (unpaired) electrons. The number of carbonyl (C=O) groups excluding carboxylic acids is 1. The minimum absolute atomic E-state index is 0.155. The van der Waals surface area contributed by atoms with Crippen LogP contribution in [0.4, 0.5) is 10.8 Å². The van der Waals surface area contributed by atoms with Crippen LogP contribution in [0.3, 0.4) is 0 Å². The van der Waals surface area contributed by atoms with E-state index >= 15 is 0 Å². The van der Waals surface area contributed by atoms with Gasteiger partial charge in [-0.3, -0.25) is 19.4 Å². The maximum Gasteiger partial charge on any atom is 0.264 e. The second kappa shape index (κ2) is 8.76. The first kappa shape index (κ1) is 21.3. The van der Waals surface area contributed by atoms with E-state index in [2.05, 4.69) is 15.3 Å². The van der Waals surface area contributed by atoms with E-state index in [1.807, 2.05) is 47.8 Å². The molecule has 2 aromatic heterocycles. The molecule has 3 heterocycles. The first-order valence-corrected chi connectivity index (χ1v) is 12.7. The van der Waals surface area contributed by atoms with E-state index in [-0.39, 0.29) is 10.8 Å². The molecule has 1 aliphatic heterocycles. The number of benzene rings is 2. The van der Waals surface area contributed by atoms with E-state index in [1.165, 1.54) is 39.9 Å². The lowest BCUT2D eigenvalue weighted by molar-refractivity contribution is 0.102. The second-order valence-corrected chi connectivity index (χ2v) is 10.3. The lowest BCUT2D eigenvalue weighted by Gasteiger charge is -2.30. The molecule has 7 nitrogen and oxygen atoms in total. The van der Waals surface area contributed by atoms with Gasteiger partial charge in [-0.15, -0.1) is 11.3 Å². The van der Waals surface area contributed by atoms with Crippen LogP contribution in [0.15, 0.2) is 83.2 Å². The van der Waals surface area contributed by atoms with E-state index in [9.17, 15) is 13.2 Å². The molecule has 9 heteroatoms. The molecule has 0 saturated carbocycles. The summed E-state index contributed by atoms with van der Waals surface area (Å²) in [6.07, 6.45) is 3.32. The number of nitrogens with one attached hydrogen (secondary N) is 1. The number of rotatable bonds is 5. The standard InChI is InChI=1S/C24H20N4O3S2/c29-23(27-24-26-21(16-32-24)20-8-3-4-14-25-20)18-10-12-19(13-11-18)33(30,31)28-15-5-7-17-6-1-2-9-22(17)28/h1-4,6,8-14,16H,5,7,15H2,(H,26,27,29). The number of para-hydroxylation sites is 1. The average molecular weight is 477 g/mol. The SMILES string of the molecule is O=C(Nc1nc(-c2ccccn2)cs1)c1ccc(S(=O)(=O)N2CCCc3ccccc32)cc1. The van der Waals surface area contributed by atoms with Crippen molar-refractivity contribution in [2.45, 2.75) is 17.7 Å². The lowest BCUT2D eigenvalue weighted by Crippen LogP contribution is -2.35. The van der Waals surface area contributed by atoms with Crippen LogP contribution in [0.2, 0.25) is 0 Å². The van der Waals surface area contributed by atoms with Crippen molar-refractivity contribution in [2.75, 3.05) is 16.2 Å². The summed E-state index contributed by atoms with van der Waals surface area (Å²) in [6, 6.07) is 19.1. The van der Waals surface area contributed by atoms with Crippen LogP contribution in [0.1, 0.15) is 22.3 Å². The van der Waals surface area contributed by atoms with E-state index in [1.54, 1.807) is 6.20 Å². The zero-order valence-electron chi connectivity index (χ0n) is 17.5. The normalized spacial score (nSPS) is 13.4. The van der Waals surface area contributed by atoms with Crippen LogP contribution < -0.4 is 9.62 Å². The molecule has 0 bridgehead atoms. The fourth-order valence-corrected chi connectivity index (χ4v) is 6.03. The number of thiazole rings is 1. The predicted molar refractivity (Wildman–Crippen MR) is 129 cm³/mol. The van der Waals surface area contributed by atoms with Crippen molar-refractivity contribution in [1.29, 1.82) is 0 Å². The van der Waals surface area contributed by atoms with Crippen LogP contribution >= 0.6 is 11.3 Å². The number of nitrogens with zero attached hydrogens (tertiary/aromatic N) is 3. The zero-order valence-corrected chi connectivity index (χ0v) is 19.1. The highest BCUT2D eigenvalue weighted by molar-refractivity contribution is 7.92. The molecule has 0 atom stereocenters. The van der Waals surface area contributed by atoms with Gasteiger partial charge in [0, 0.05) is 23.7 Å². The Kier molecular flexibility index (Phi) is 5.65. The Bertz CT molecular complexity index is 1400. The summed E-state index contributed by atoms with van der Waals surface area (Å²) in [4.78, 5) is 21.5. The van der Waals surface area contributed by atoms with Crippen molar-refractivity contribution in [3.8, 4) is 11.4 Å². The van der Waals surface area contributed by atoms with Gasteiger partial charge in [-0.25, -0.2) is 13.4 Å². The van der Waals surface area contributed by atoms with Crippen molar-refractivity contribution in [3.63, 3.8) is 0 Å². The smallest absolute Gasteiger partial charge is 0.264 e. The fraction of sp³-hybridized carbons (Fsp3) is 0.125. The summed E-state index contributed by atoms with van der Waals surface area (Å²) in [5.74, 6) is -0.357. The largest absolute Gasteiger partial charge is 0.298 e. The lowest BCUT2D eigenvalue weighted by atomic mass is 10.0. The monoisotopic (exact) mass is 476 g/mol. The number of hydrogen-bond acceptors (Lipinski definition) is 6. The molecule has 0 saturated heterocycles. The number of fused-ring (bicyclic) bond motifs is 1. The Balaban J connectivity index is 1.33. The Morgan fingerprint density at radius 3 is 2.55 bits per heavy atom. The van der Waals surface area contributed by atoms with E-state index < -0.39 is 10.0 Å². The number of pyridine rings is 1. The van der Waals surface area contributed by atoms with Crippen LogP contribution in [0.25, 0.3) is 11.4 Å². The minimum Gasteiger partial charge on any atom is -0.298 e. The Hall–Kier alpha value is -3.56. The molecule has 1 amide bonds. The van der Waals surface area contributed by atoms with E-state index in [0.29, 0.717) is 22.9 Å². The molecular formula is C24H20N4O3S2. The van der Waals surface area contributed by atoms with Crippen molar-refractivity contribution >= 4 is 38.1 Å². The van der Waals surface area contributed by atoms with Gasteiger partial charge in [0.05, 0.1) is 16.3 Å². The highest BCUT2D eigenvalue weighted by Crippen LogP contribution is 2.32. The maximum atomic E-state index is 13.3. The van der Waals surface area contributed by atoms with Gasteiger partial charge in [-0.2, -0.15) is 0 Å². The molecule has 0 aliphatic carbocycles. The molecule has 33 heavy (non-hydrogen) atoms. The number of anilines is 2. The first-order valence-electron chi connectivity index (χ1n) is 10.4. The van der Waals surface area contributed by atoms with Crippen LogP contribution in [0, 0.1) is 0 Å². The number of amides is 1. The van der Waals surface area contributed by atoms with Gasteiger partial charge in [0.1, 0.15) is 5.69 Å². The Morgan fingerprint density at radius 1 is 0.970 bits per heavy atom. The Morgan fingerprint density at radius 2 is 1.76 bits per heavy atom. The number of hydrogen-bond donors (Lipinski definition) is 1. The summed E-state index contributed by atoms with van der Waals surface area (Å²) in [5.41, 5.74) is 3.50. The van der Waals surface area contributed by atoms with Crippen LogP contribution in [-0.4, -0.2) is 30.8 Å². The average Bonchev–Trinajstić information content (AvgIpc) is 3.33. The van der Waals surface area contributed by atoms with Crippen molar-refractivity contribution in [2.24, 2.45) is 0 Å². The molecule has 0 spiro atoms. The summed E-state index contributed by atoms with van der Waals surface area (Å²) in [7, 11) is -3.72. The Labute approximate surface area is 195 Å². The molecule has 0 fully saturated rings. The highest BCUT2D eigenvalue weighted by atomic mass is 32.2. The minimum atomic E-state index is -3.72. The maximum absolute atomic E-state index is 13.3. The van der Waals surface area contributed by atoms with Gasteiger partial charge in [0.25, 0.3) is 15.9 Å². The van der Waals surface area contributed by atoms with E-state index in [4.69, 9.17) is 0 Å². The van der Waals surface area contributed by atoms with Gasteiger partial charge in [-0.05, 0) is 60.9 Å². The number of aryl methyl sites for hydroxylation is 1. The van der Waals surface area contributed by atoms with Crippen molar-refractivity contribution < 1.29 is 13.2 Å². The molecule has 0 unspecified atom stereocenters. The first-order chi connectivity index (χ1) is 16.0. The van der Waals surface area contributed by atoms with Gasteiger partial charge in [0.15, 0.2) is 5.13 Å². The highest BCUT2D eigenvalue weighted by Gasteiger charge is 2.29. The quantitative estimate of drug-likeness (QED) is 0.455. The van der Waals surface area contributed by atoms with Crippen molar-refractivity contribution in [1.82, 2.24) is 9.97 Å². The summed E-state index contributed by atoms with van der Waals surface area (Å²) < 4.78 is 28.0. The fourth-order valence-electron chi connectivity index (χ4n) is 3.79. The second-order valence-electron chi connectivity index (χ2n) is 7.54. The third kappa shape index (κ3) is 4.24. The van der Waals surface area contributed by atoms with Gasteiger partial charge in [-0.1, -0.05) is 24.3 Å². The van der Waals surface area contributed by atoms with Crippen molar-refractivity contribution in [3.05, 3.63) is 89.4 Å². The zero-order chi connectivity index (χ0) is 22.8. The third-order valence-electron chi connectivity index (χ3n) is 5.42. The molecule has 166 valence electrons. The third-order valence-corrected chi connectivity index (χ3v) is 8.01. The molecular weight excluding hydrogens is 456 g/mol. The summed E-state index contributed by atoms with van der Waals surface area (Å²) in [5, 5.41) is 5.03.